The zero-order valence-electron chi connectivity index (χ0n) is 21.1. The molecule has 0 saturated carbocycles. The summed E-state index contributed by atoms with van der Waals surface area (Å²) in [6, 6.07) is 19.0. The van der Waals surface area contributed by atoms with Crippen molar-refractivity contribution in [1.82, 2.24) is 5.43 Å². The van der Waals surface area contributed by atoms with Crippen LogP contribution in [0.4, 0.5) is 5.69 Å². The number of nitrogens with one attached hydrogen (secondary N) is 1. The van der Waals surface area contributed by atoms with E-state index in [9.17, 15) is 18.0 Å². The smallest absolute Gasteiger partial charge is 0.343 e. The van der Waals surface area contributed by atoms with Gasteiger partial charge in [-0.25, -0.2) is 18.6 Å². The molecule has 37 heavy (non-hydrogen) atoms. The van der Waals surface area contributed by atoms with Gasteiger partial charge in [0.05, 0.1) is 31.8 Å². The number of hydrazone groups is 1. The Kier molecular flexibility index (Phi) is 9.02. The van der Waals surface area contributed by atoms with Gasteiger partial charge in [-0.15, -0.1) is 0 Å². The molecule has 10 heteroatoms. The molecular weight excluding hydrogens is 494 g/mol. The van der Waals surface area contributed by atoms with Crippen LogP contribution in [0.1, 0.15) is 32.6 Å². The third-order valence-electron chi connectivity index (χ3n) is 5.54. The number of rotatable bonds is 10. The van der Waals surface area contributed by atoms with E-state index in [2.05, 4.69) is 15.3 Å². The zero-order valence-corrected chi connectivity index (χ0v) is 21.9. The van der Waals surface area contributed by atoms with E-state index in [0.717, 1.165) is 16.7 Å². The number of carbonyl (C=O) groups excluding carboxylic acids is 2. The van der Waals surface area contributed by atoms with Gasteiger partial charge in [-0.2, -0.15) is 5.10 Å². The van der Waals surface area contributed by atoms with E-state index in [1.54, 1.807) is 54.6 Å². The normalized spacial score (nSPS) is 11.2. The molecule has 0 aliphatic rings. The molecule has 0 bridgehead atoms. The number of sulfonamides is 1. The van der Waals surface area contributed by atoms with Crippen LogP contribution in [0.25, 0.3) is 0 Å². The number of aryl methyl sites for hydroxylation is 2. The van der Waals surface area contributed by atoms with Crippen LogP contribution in [-0.4, -0.2) is 46.5 Å². The summed E-state index contributed by atoms with van der Waals surface area (Å²) in [6.45, 7) is 3.83. The first-order valence-electron chi connectivity index (χ1n) is 11.3. The molecule has 0 saturated heterocycles. The third kappa shape index (κ3) is 7.91. The summed E-state index contributed by atoms with van der Waals surface area (Å²) in [4.78, 5) is 23.7. The summed E-state index contributed by atoms with van der Waals surface area (Å²) in [5.74, 6) is -0.457. The predicted molar refractivity (Wildman–Crippen MR) is 142 cm³/mol. The lowest BCUT2D eigenvalue weighted by molar-refractivity contribution is -0.142. The average molecular weight is 524 g/mol. The lowest BCUT2D eigenvalue weighted by atomic mass is 10.1. The van der Waals surface area contributed by atoms with E-state index in [-0.39, 0.29) is 13.2 Å². The second-order valence-electron chi connectivity index (χ2n) is 8.37. The SMILES string of the molecule is COC(=O)COc1cccc(/C=N\NC(=O)c2ccc(CN(c3ccc(C)c(C)c3)S(C)(=O)=O)cc2)c1. The highest BCUT2D eigenvalue weighted by Crippen LogP contribution is 2.23. The van der Waals surface area contributed by atoms with Gasteiger partial charge >= 0.3 is 5.97 Å². The number of anilines is 1. The highest BCUT2D eigenvalue weighted by atomic mass is 32.2. The maximum Gasteiger partial charge on any atom is 0.343 e. The molecular formula is C27H29N3O6S. The first kappa shape index (κ1) is 27.4. The van der Waals surface area contributed by atoms with Gasteiger partial charge in [-0.3, -0.25) is 9.10 Å². The van der Waals surface area contributed by atoms with Gasteiger partial charge in [-0.05, 0) is 72.5 Å². The van der Waals surface area contributed by atoms with Crippen molar-refractivity contribution in [2.45, 2.75) is 20.4 Å². The maximum atomic E-state index is 12.5. The second kappa shape index (κ2) is 12.2. The van der Waals surface area contributed by atoms with Crippen molar-refractivity contribution in [2.75, 3.05) is 24.3 Å². The minimum atomic E-state index is -3.52. The lowest BCUT2D eigenvalue weighted by Gasteiger charge is -2.23. The van der Waals surface area contributed by atoms with Gasteiger partial charge in [0.2, 0.25) is 10.0 Å². The molecule has 1 N–H and O–H groups in total. The molecule has 3 rings (SSSR count). The van der Waals surface area contributed by atoms with Crippen LogP contribution in [0.15, 0.2) is 71.8 Å². The summed E-state index contributed by atoms with van der Waals surface area (Å²) in [6.07, 6.45) is 2.62. The molecule has 9 nitrogen and oxygen atoms in total. The van der Waals surface area contributed by atoms with Crippen LogP contribution in [0.3, 0.4) is 0 Å². The fraction of sp³-hybridized carbons (Fsp3) is 0.222. The number of methoxy groups -OCH3 is 1. The van der Waals surface area contributed by atoms with E-state index in [4.69, 9.17) is 4.74 Å². The van der Waals surface area contributed by atoms with E-state index in [1.165, 1.54) is 23.9 Å². The van der Waals surface area contributed by atoms with Crippen molar-refractivity contribution in [1.29, 1.82) is 0 Å². The number of hydrogen-bond acceptors (Lipinski definition) is 7. The van der Waals surface area contributed by atoms with Crippen molar-refractivity contribution < 1.29 is 27.5 Å². The van der Waals surface area contributed by atoms with Crippen LogP contribution in [0.5, 0.6) is 5.75 Å². The number of ether oxygens (including phenoxy) is 2. The second-order valence-corrected chi connectivity index (χ2v) is 10.3. The van der Waals surface area contributed by atoms with Gasteiger partial charge in [0.15, 0.2) is 6.61 Å². The Bertz CT molecular complexity index is 1400. The Balaban J connectivity index is 1.63. The first-order chi connectivity index (χ1) is 17.6. The summed E-state index contributed by atoms with van der Waals surface area (Å²) in [5.41, 5.74) is 6.88. The molecule has 0 radical (unpaired) electrons. The summed E-state index contributed by atoms with van der Waals surface area (Å²) < 4.78 is 36.1. The highest BCUT2D eigenvalue weighted by molar-refractivity contribution is 7.92. The van der Waals surface area contributed by atoms with Crippen LogP contribution >= 0.6 is 0 Å². The third-order valence-corrected chi connectivity index (χ3v) is 6.68. The fourth-order valence-electron chi connectivity index (χ4n) is 3.32. The van der Waals surface area contributed by atoms with Crippen LogP contribution in [-0.2, 0) is 26.1 Å². The Morgan fingerprint density at radius 3 is 2.38 bits per heavy atom. The standard InChI is InChI=1S/C27H29N3O6S/c1-19-8-13-24(14-20(19)2)30(37(4,33)34)17-21-9-11-23(12-10-21)27(32)29-28-16-22-6-5-7-25(15-22)36-18-26(31)35-3/h5-16H,17-18H2,1-4H3,(H,29,32)/b28-16-. The van der Waals surface area contributed by atoms with Crippen LogP contribution in [0, 0.1) is 13.8 Å². The fourth-order valence-corrected chi connectivity index (χ4v) is 4.20. The average Bonchev–Trinajstić information content (AvgIpc) is 2.87. The molecule has 0 spiro atoms. The van der Waals surface area contributed by atoms with E-state index >= 15 is 0 Å². The summed E-state index contributed by atoms with van der Waals surface area (Å²) >= 11 is 0. The largest absolute Gasteiger partial charge is 0.482 e. The highest BCUT2D eigenvalue weighted by Gasteiger charge is 2.18. The number of nitrogens with zero attached hydrogens (tertiary/aromatic N) is 2. The monoisotopic (exact) mass is 523 g/mol. The van der Waals surface area contributed by atoms with Gasteiger partial charge in [0.25, 0.3) is 5.91 Å². The Morgan fingerprint density at radius 1 is 1.00 bits per heavy atom. The van der Waals surface area contributed by atoms with Crippen molar-refractivity contribution in [2.24, 2.45) is 5.10 Å². The van der Waals surface area contributed by atoms with Crippen molar-refractivity contribution in [3.05, 3.63) is 94.5 Å². The summed E-state index contributed by atoms with van der Waals surface area (Å²) in [5, 5.41) is 3.97. The van der Waals surface area contributed by atoms with Gasteiger partial charge in [-0.1, -0.05) is 30.3 Å². The first-order valence-corrected chi connectivity index (χ1v) is 13.2. The lowest BCUT2D eigenvalue weighted by Crippen LogP contribution is -2.29. The van der Waals surface area contributed by atoms with Gasteiger partial charge in [0.1, 0.15) is 5.75 Å². The molecule has 0 aromatic heterocycles. The molecule has 1 amide bonds. The van der Waals surface area contributed by atoms with E-state index in [1.807, 2.05) is 26.0 Å². The molecule has 3 aromatic rings. The topological polar surface area (TPSA) is 114 Å². The summed E-state index contributed by atoms with van der Waals surface area (Å²) in [7, 11) is -2.24. The van der Waals surface area contributed by atoms with Crippen molar-refractivity contribution in [3.63, 3.8) is 0 Å². The van der Waals surface area contributed by atoms with Gasteiger partial charge < -0.3 is 9.47 Å². The number of carbonyl (C=O) groups is 2. The van der Waals surface area contributed by atoms with Crippen LogP contribution < -0.4 is 14.5 Å². The van der Waals surface area contributed by atoms with Crippen molar-refractivity contribution >= 4 is 33.8 Å². The maximum absolute atomic E-state index is 12.5. The number of amides is 1. The molecule has 0 fully saturated rings. The molecule has 0 atom stereocenters. The Labute approximate surface area is 216 Å². The van der Waals surface area contributed by atoms with Gasteiger partial charge in [0, 0.05) is 5.56 Å². The van der Waals surface area contributed by atoms with E-state index in [0.29, 0.717) is 22.6 Å². The predicted octanol–water partition coefficient (Wildman–Crippen LogP) is 3.59. The zero-order chi connectivity index (χ0) is 27.0. The molecule has 0 aliphatic heterocycles. The number of hydrogen-bond donors (Lipinski definition) is 1. The van der Waals surface area contributed by atoms with E-state index < -0.39 is 21.9 Å². The van der Waals surface area contributed by atoms with Crippen LogP contribution in [0.2, 0.25) is 0 Å². The Hall–Kier alpha value is -4.18. The number of esters is 1. The number of benzene rings is 3. The minimum Gasteiger partial charge on any atom is -0.482 e. The molecule has 194 valence electrons. The Morgan fingerprint density at radius 2 is 1.73 bits per heavy atom. The molecule has 0 unspecified atom stereocenters. The molecule has 3 aromatic carbocycles. The van der Waals surface area contributed by atoms with Crippen molar-refractivity contribution in [3.8, 4) is 5.75 Å². The minimum absolute atomic E-state index is 0.135. The molecule has 0 aliphatic carbocycles. The quantitative estimate of drug-likeness (QED) is 0.247. The molecule has 0 heterocycles.